The van der Waals surface area contributed by atoms with Crippen LogP contribution < -0.4 is 5.32 Å². The molecule has 4 nitrogen and oxygen atoms in total. The van der Waals surface area contributed by atoms with Gasteiger partial charge < -0.3 is 10.4 Å². The molecule has 0 fully saturated rings. The minimum Gasteiger partial charge on any atom is -0.507 e. The van der Waals surface area contributed by atoms with Crippen molar-refractivity contribution in [3.63, 3.8) is 0 Å². The number of phenolic OH excluding ortho intramolecular Hbond substituents is 1. The standard InChI is InChI=1S/C24H39NO3/c1-3-4-5-6-7-8-9-10-11-12-13-14-15-16-24(28)25-21-17-18-22(20(2)26)23(27)19-21/h17-19,27H,3-16H2,1-2H3,(H,25,28). The molecule has 0 saturated heterocycles. The Morgan fingerprint density at radius 3 is 1.79 bits per heavy atom. The normalized spacial score (nSPS) is 10.8. The maximum Gasteiger partial charge on any atom is 0.224 e. The summed E-state index contributed by atoms with van der Waals surface area (Å²) >= 11 is 0. The van der Waals surface area contributed by atoms with Gasteiger partial charge in [-0.15, -0.1) is 0 Å². The second kappa shape index (κ2) is 15.1. The molecular weight excluding hydrogens is 350 g/mol. The Labute approximate surface area is 171 Å². The van der Waals surface area contributed by atoms with Crippen molar-refractivity contribution in [3.05, 3.63) is 23.8 Å². The number of carbonyl (C=O) groups excluding carboxylic acids is 2. The van der Waals surface area contributed by atoms with Gasteiger partial charge in [0.1, 0.15) is 5.75 Å². The maximum atomic E-state index is 12.0. The van der Waals surface area contributed by atoms with Crippen LogP contribution in [0, 0.1) is 0 Å². The van der Waals surface area contributed by atoms with Crippen molar-refractivity contribution in [2.75, 3.05) is 5.32 Å². The summed E-state index contributed by atoms with van der Waals surface area (Å²) < 4.78 is 0. The highest BCUT2D eigenvalue weighted by Crippen LogP contribution is 2.22. The molecule has 0 atom stereocenters. The molecule has 1 aromatic rings. The van der Waals surface area contributed by atoms with Crippen LogP contribution in [0.4, 0.5) is 5.69 Å². The smallest absolute Gasteiger partial charge is 0.224 e. The Balaban J connectivity index is 2.00. The van der Waals surface area contributed by atoms with Gasteiger partial charge >= 0.3 is 0 Å². The Kier molecular flexibility index (Phi) is 13.1. The van der Waals surface area contributed by atoms with Crippen molar-refractivity contribution in [1.82, 2.24) is 0 Å². The third-order valence-electron chi connectivity index (χ3n) is 5.17. The van der Waals surface area contributed by atoms with E-state index >= 15 is 0 Å². The lowest BCUT2D eigenvalue weighted by molar-refractivity contribution is -0.116. The Morgan fingerprint density at radius 1 is 0.821 bits per heavy atom. The van der Waals surface area contributed by atoms with Crippen LogP contribution in [0.15, 0.2) is 18.2 Å². The zero-order valence-electron chi connectivity index (χ0n) is 17.9. The molecule has 1 rings (SSSR count). The molecule has 28 heavy (non-hydrogen) atoms. The largest absolute Gasteiger partial charge is 0.507 e. The average molecular weight is 390 g/mol. The van der Waals surface area contributed by atoms with Gasteiger partial charge in [-0.2, -0.15) is 0 Å². The molecule has 0 bridgehead atoms. The first-order chi connectivity index (χ1) is 13.5. The van der Waals surface area contributed by atoms with Crippen molar-refractivity contribution in [3.8, 4) is 5.75 Å². The summed E-state index contributed by atoms with van der Waals surface area (Å²) in [7, 11) is 0. The summed E-state index contributed by atoms with van der Waals surface area (Å²) in [5.41, 5.74) is 0.802. The van der Waals surface area contributed by atoms with Crippen LogP contribution in [0.2, 0.25) is 0 Å². The third kappa shape index (κ3) is 11.1. The van der Waals surface area contributed by atoms with E-state index in [2.05, 4.69) is 12.2 Å². The zero-order valence-corrected chi connectivity index (χ0v) is 17.9. The van der Waals surface area contributed by atoms with E-state index in [0.717, 1.165) is 12.8 Å². The number of benzene rings is 1. The molecule has 0 aromatic heterocycles. The minimum atomic E-state index is -0.192. The average Bonchev–Trinajstić information content (AvgIpc) is 2.65. The molecule has 4 heteroatoms. The second-order valence-corrected chi connectivity index (χ2v) is 7.83. The monoisotopic (exact) mass is 389 g/mol. The van der Waals surface area contributed by atoms with E-state index in [4.69, 9.17) is 0 Å². The van der Waals surface area contributed by atoms with Crippen LogP contribution >= 0.6 is 0 Å². The molecule has 0 radical (unpaired) electrons. The topological polar surface area (TPSA) is 66.4 Å². The third-order valence-corrected chi connectivity index (χ3v) is 5.17. The number of Topliss-reactive ketones (excluding diaryl/α,β-unsaturated/α-hetero) is 1. The lowest BCUT2D eigenvalue weighted by atomic mass is 10.0. The molecule has 0 saturated carbocycles. The fourth-order valence-electron chi connectivity index (χ4n) is 3.43. The first-order valence-electron chi connectivity index (χ1n) is 11.2. The van der Waals surface area contributed by atoms with Crippen LogP contribution in [0.25, 0.3) is 0 Å². The lowest BCUT2D eigenvalue weighted by Crippen LogP contribution is -2.11. The van der Waals surface area contributed by atoms with Gasteiger partial charge in [0.2, 0.25) is 5.91 Å². The van der Waals surface area contributed by atoms with Crippen molar-refractivity contribution < 1.29 is 14.7 Å². The quantitative estimate of drug-likeness (QED) is 0.236. The predicted octanol–water partition coefficient (Wildman–Crippen LogP) is 7.01. The summed E-state index contributed by atoms with van der Waals surface area (Å²) in [6, 6.07) is 4.62. The van der Waals surface area contributed by atoms with Crippen LogP contribution in [0.1, 0.15) is 114 Å². The van der Waals surface area contributed by atoms with E-state index in [1.807, 2.05) is 0 Å². The molecule has 0 unspecified atom stereocenters. The van der Waals surface area contributed by atoms with Gasteiger partial charge in [-0.3, -0.25) is 9.59 Å². The number of carbonyl (C=O) groups is 2. The van der Waals surface area contributed by atoms with Gasteiger partial charge in [-0.05, 0) is 25.5 Å². The van der Waals surface area contributed by atoms with Crippen LogP contribution in [0.3, 0.4) is 0 Å². The first kappa shape index (κ1) is 24.2. The van der Waals surface area contributed by atoms with E-state index < -0.39 is 0 Å². The number of hydrogen-bond acceptors (Lipinski definition) is 3. The van der Waals surface area contributed by atoms with Crippen molar-refractivity contribution >= 4 is 17.4 Å². The number of rotatable bonds is 16. The molecular formula is C24H39NO3. The molecule has 1 aromatic carbocycles. The number of anilines is 1. The molecule has 0 heterocycles. The lowest BCUT2D eigenvalue weighted by Gasteiger charge is -2.07. The molecule has 0 spiro atoms. The number of ketones is 1. The summed E-state index contributed by atoms with van der Waals surface area (Å²) in [6.07, 6.45) is 17.2. The Hall–Kier alpha value is -1.84. The van der Waals surface area contributed by atoms with Gasteiger partial charge in [0.05, 0.1) is 5.56 Å². The summed E-state index contributed by atoms with van der Waals surface area (Å²) in [5, 5.41) is 12.6. The molecule has 2 N–H and O–H groups in total. The maximum absolute atomic E-state index is 12.0. The van der Waals surface area contributed by atoms with Crippen molar-refractivity contribution in [2.45, 2.75) is 104 Å². The van der Waals surface area contributed by atoms with Gasteiger partial charge in [0, 0.05) is 18.2 Å². The highest BCUT2D eigenvalue weighted by Gasteiger charge is 2.08. The SMILES string of the molecule is CCCCCCCCCCCCCCCC(=O)Nc1ccc(C(C)=O)c(O)c1. The highest BCUT2D eigenvalue weighted by molar-refractivity contribution is 5.98. The Bertz CT molecular complexity index is 583. The van der Waals surface area contributed by atoms with Gasteiger partial charge in [-0.25, -0.2) is 0 Å². The van der Waals surface area contributed by atoms with E-state index in [-0.39, 0.29) is 23.0 Å². The molecule has 1 amide bonds. The molecule has 158 valence electrons. The fraction of sp³-hybridized carbons (Fsp3) is 0.667. The second-order valence-electron chi connectivity index (χ2n) is 7.83. The van der Waals surface area contributed by atoms with E-state index in [9.17, 15) is 14.7 Å². The van der Waals surface area contributed by atoms with Crippen molar-refractivity contribution in [1.29, 1.82) is 0 Å². The van der Waals surface area contributed by atoms with E-state index in [1.54, 1.807) is 12.1 Å². The number of aromatic hydroxyl groups is 1. The highest BCUT2D eigenvalue weighted by atomic mass is 16.3. The van der Waals surface area contributed by atoms with E-state index in [0.29, 0.717) is 12.1 Å². The minimum absolute atomic E-state index is 0.0435. The van der Waals surface area contributed by atoms with Crippen LogP contribution in [0.5, 0.6) is 5.75 Å². The van der Waals surface area contributed by atoms with E-state index in [1.165, 1.54) is 83.6 Å². The fourth-order valence-corrected chi connectivity index (χ4v) is 3.43. The number of nitrogens with one attached hydrogen (secondary N) is 1. The summed E-state index contributed by atoms with van der Waals surface area (Å²) in [5.74, 6) is -0.327. The number of unbranched alkanes of at least 4 members (excludes halogenated alkanes) is 12. The summed E-state index contributed by atoms with van der Waals surface area (Å²) in [6.45, 7) is 3.66. The number of hydrogen-bond donors (Lipinski definition) is 2. The molecule has 0 aliphatic carbocycles. The molecule has 0 aliphatic rings. The predicted molar refractivity (Wildman–Crippen MR) is 117 cm³/mol. The van der Waals surface area contributed by atoms with Gasteiger partial charge in [0.25, 0.3) is 0 Å². The molecule has 0 aliphatic heterocycles. The number of amides is 1. The Morgan fingerprint density at radius 2 is 1.32 bits per heavy atom. The first-order valence-corrected chi connectivity index (χ1v) is 11.2. The number of phenols is 1. The van der Waals surface area contributed by atoms with Crippen molar-refractivity contribution in [2.24, 2.45) is 0 Å². The summed E-state index contributed by atoms with van der Waals surface area (Å²) in [4.78, 5) is 23.3. The zero-order chi connectivity index (χ0) is 20.6. The van der Waals surface area contributed by atoms with Crippen LogP contribution in [-0.4, -0.2) is 16.8 Å². The van der Waals surface area contributed by atoms with Gasteiger partial charge in [-0.1, -0.05) is 84.0 Å². The van der Waals surface area contributed by atoms with Gasteiger partial charge in [0.15, 0.2) is 5.78 Å². The van der Waals surface area contributed by atoms with Crippen LogP contribution in [-0.2, 0) is 4.79 Å².